The van der Waals surface area contributed by atoms with Gasteiger partial charge in [0.15, 0.2) is 5.78 Å². The molecule has 0 bridgehead atoms. The molecule has 0 aliphatic rings. The van der Waals surface area contributed by atoms with Crippen LogP contribution in [0.2, 0.25) is 18.1 Å². The van der Waals surface area contributed by atoms with E-state index >= 15 is 0 Å². The number of carbonyl (C=O) groups excluding carboxylic acids is 1. The molecule has 0 amide bonds. The Kier molecular flexibility index (Phi) is 16.7. The normalized spacial score (nSPS) is 13.3. The van der Waals surface area contributed by atoms with Gasteiger partial charge in [-0.25, -0.2) is 4.98 Å². The van der Waals surface area contributed by atoms with Crippen molar-refractivity contribution in [1.82, 2.24) is 9.97 Å². The third kappa shape index (κ3) is 11.2. The van der Waals surface area contributed by atoms with Gasteiger partial charge in [0.05, 0.1) is 13.6 Å². The Hall–Kier alpha value is -2.70. The zero-order valence-corrected chi connectivity index (χ0v) is 42.6. The third-order valence-electron chi connectivity index (χ3n) is 12.7. The molecule has 319 valence electrons. The van der Waals surface area contributed by atoms with Gasteiger partial charge in [0, 0.05) is 57.5 Å². The average Bonchev–Trinajstić information content (AvgIpc) is 3.53. The van der Waals surface area contributed by atoms with Crippen molar-refractivity contribution in [1.29, 1.82) is 0 Å². The Labute approximate surface area is 371 Å². The van der Waals surface area contributed by atoms with Crippen LogP contribution >= 0.6 is 11.3 Å². The van der Waals surface area contributed by atoms with Gasteiger partial charge in [-0.2, -0.15) is 0 Å². The van der Waals surface area contributed by atoms with Crippen molar-refractivity contribution in [2.75, 3.05) is 0 Å². The van der Waals surface area contributed by atoms with Crippen LogP contribution in [0.3, 0.4) is 0 Å². The first-order chi connectivity index (χ1) is 27.1. The van der Waals surface area contributed by atoms with Gasteiger partial charge in [0.2, 0.25) is 0 Å². The number of rotatable bonds is 15. The number of nitrogens with zero attached hydrogens (tertiary/aromatic N) is 2. The quantitative estimate of drug-likeness (QED) is 0.0491. The Balaban J connectivity index is 0.000000439. The van der Waals surface area contributed by atoms with Gasteiger partial charge >= 0.3 is 0 Å². The molecule has 1 N–H and O–H groups in total. The van der Waals surface area contributed by atoms with Crippen molar-refractivity contribution in [3.63, 3.8) is 0 Å². The summed E-state index contributed by atoms with van der Waals surface area (Å²) < 4.78 is 10.9. The summed E-state index contributed by atoms with van der Waals surface area (Å²) in [5.41, 5.74) is 3.31. The fraction of sp³-hybridized carbons (Fsp3) is 0.549. The molecule has 0 unspecified atom stereocenters. The minimum absolute atomic E-state index is 0. The van der Waals surface area contributed by atoms with E-state index in [1.165, 1.54) is 39.9 Å². The van der Waals surface area contributed by atoms with Crippen molar-refractivity contribution >= 4 is 61.5 Å². The van der Waals surface area contributed by atoms with E-state index in [0.717, 1.165) is 57.9 Å². The second-order valence-corrected chi connectivity index (χ2v) is 25.0. The Bertz CT molecular complexity index is 2200. The zero-order valence-electron chi connectivity index (χ0n) is 39.4. The first kappa shape index (κ1) is 48.0. The van der Waals surface area contributed by atoms with Crippen LogP contribution in [0.15, 0.2) is 66.7 Å². The number of thiophene rings is 1. The molecule has 5 rings (SSSR count). The molecule has 3 aromatic carbocycles. The standard InChI is InChI=1S/C36H45N2SSi.C15H28O2.Ir/c1-23(2)19-40(20-24(3)4,21-25(5)6)28-14-15-30-32(18-28)39-35-33(37-22-38-34(30)35)27-16-26-12-10-11-13-29(26)31(17-27)36(7,8)9;1-7-14(5,8-2)12(16)11-13(17)15(6,9-3)10-4;/h10-15,17-18,22-25H,19-21H2,1-9H3;11,16H,7-10H2,1-6H3;/q-1;;/b;12-11-;/i22D;;. The van der Waals surface area contributed by atoms with E-state index in [1.54, 1.807) is 16.5 Å². The smallest absolute Gasteiger partial charge is 0.164 e. The molecule has 0 aliphatic heterocycles. The molecule has 58 heavy (non-hydrogen) atoms. The summed E-state index contributed by atoms with van der Waals surface area (Å²) in [5.74, 6) is 2.33. The van der Waals surface area contributed by atoms with Crippen molar-refractivity contribution in [2.45, 2.75) is 153 Å². The SMILES string of the molecule is CCC(C)(CC)C(=O)/C=C(\O)C(C)(CC)CC.[2H]c1nc(-c2[c-]c3ccccc3c(C(C)(C)C)c2)c2sc3cc([Si](CC(C)C)(CC(C)C)CC(C)C)ccc3c2n1.[Ir]. The van der Waals surface area contributed by atoms with Crippen LogP contribution in [-0.2, 0) is 30.3 Å². The third-order valence-corrected chi connectivity index (χ3v) is 20.1. The van der Waals surface area contributed by atoms with E-state index in [-0.39, 0.29) is 54.2 Å². The number of aromatic nitrogens is 2. The van der Waals surface area contributed by atoms with Gasteiger partial charge in [0.25, 0.3) is 0 Å². The number of aliphatic hydroxyl groups is 1. The largest absolute Gasteiger partial charge is 0.512 e. The summed E-state index contributed by atoms with van der Waals surface area (Å²) in [5, 5.41) is 15.2. The minimum Gasteiger partial charge on any atom is -0.512 e. The van der Waals surface area contributed by atoms with Gasteiger partial charge in [-0.15, -0.1) is 40.5 Å². The number of ketones is 1. The maximum atomic E-state index is 12.2. The predicted octanol–water partition coefficient (Wildman–Crippen LogP) is 15.0. The number of benzene rings is 3. The van der Waals surface area contributed by atoms with E-state index in [1.807, 2.05) is 41.5 Å². The van der Waals surface area contributed by atoms with Crippen molar-refractivity contribution in [3.05, 3.63) is 78.3 Å². The number of aliphatic hydroxyl groups excluding tert-OH is 1. The number of fused-ring (bicyclic) bond motifs is 4. The summed E-state index contributed by atoms with van der Waals surface area (Å²) in [6.07, 6.45) is 4.82. The molecule has 4 nitrogen and oxygen atoms in total. The molecule has 0 saturated carbocycles. The molecule has 5 aromatic rings. The van der Waals surface area contributed by atoms with Gasteiger partial charge in [-0.05, 0) is 54.9 Å². The topological polar surface area (TPSA) is 63.1 Å². The van der Waals surface area contributed by atoms with Crippen molar-refractivity contribution < 1.29 is 31.4 Å². The molecule has 1 radical (unpaired) electrons. The van der Waals surface area contributed by atoms with Crippen molar-refractivity contribution in [2.24, 2.45) is 28.6 Å². The van der Waals surface area contributed by atoms with E-state index in [2.05, 4.69) is 122 Å². The second-order valence-electron chi connectivity index (χ2n) is 19.6. The first-order valence-electron chi connectivity index (χ1n) is 22.2. The van der Waals surface area contributed by atoms with E-state index in [9.17, 15) is 9.90 Å². The van der Waals surface area contributed by atoms with Crippen LogP contribution in [0.1, 0.15) is 136 Å². The maximum Gasteiger partial charge on any atom is 0.164 e. The Morgan fingerprint density at radius 1 is 0.810 bits per heavy atom. The predicted molar refractivity (Wildman–Crippen MR) is 253 cm³/mol. The van der Waals surface area contributed by atoms with Crippen LogP contribution in [0.4, 0.5) is 0 Å². The van der Waals surface area contributed by atoms with Crippen LogP contribution in [0, 0.1) is 34.7 Å². The number of allylic oxidation sites excluding steroid dienone is 2. The number of hydrogen-bond donors (Lipinski definition) is 1. The fourth-order valence-corrected chi connectivity index (χ4v) is 16.7. The molecule has 2 heterocycles. The fourth-order valence-electron chi connectivity index (χ4n) is 8.65. The first-order valence-corrected chi connectivity index (χ1v) is 25.1. The molecule has 0 spiro atoms. The summed E-state index contributed by atoms with van der Waals surface area (Å²) in [6, 6.07) is 25.6. The summed E-state index contributed by atoms with van der Waals surface area (Å²) in [7, 11) is -1.75. The van der Waals surface area contributed by atoms with E-state index in [0.29, 0.717) is 17.8 Å². The van der Waals surface area contributed by atoms with Gasteiger partial charge in [-0.1, -0.05) is 168 Å². The molecular formula is C51H73IrN2O2SSi-. The molecule has 0 aliphatic carbocycles. The van der Waals surface area contributed by atoms with E-state index in [4.69, 9.17) is 6.35 Å². The average molecular weight is 1000 g/mol. The molecule has 0 atom stereocenters. The summed E-state index contributed by atoms with van der Waals surface area (Å²) >= 11 is 1.79. The monoisotopic (exact) mass is 999 g/mol. The Morgan fingerprint density at radius 2 is 1.36 bits per heavy atom. The van der Waals surface area contributed by atoms with Crippen LogP contribution in [0.25, 0.3) is 42.3 Å². The minimum atomic E-state index is -1.75. The zero-order chi connectivity index (χ0) is 43.4. The Morgan fingerprint density at radius 3 is 1.88 bits per heavy atom. The maximum absolute atomic E-state index is 12.2. The summed E-state index contributed by atoms with van der Waals surface area (Å²) in [6.45, 7) is 33.2. The van der Waals surface area contributed by atoms with Crippen LogP contribution in [-0.4, -0.2) is 28.9 Å². The molecule has 0 fully saturated rings. The van der Waals surface area contributed by atoms with Crippen LogP contribution in [0.5, 0.6) is 0 Å². The number of hydrogen-bond acceptors (Lipinski definition) is 5. The van der Waals surface area contributed by atoms with Crippen molar-refractivity contribution in [3.8, 4) is 11.3 Å². The molecule has 7 heteroatoms. The van der Waals surface area contributed by atoms with Gasteiger partial charge < -0.3 is 5.11 Å². The van der Waals surface area contributed by atoms with Gasteiger partial charge in [-0.3, -0.25) is 9.78 Å². The second kappa shape index (κ2) is 20.2. The van der Waals surface area contributed by atoms with Gasteiger partial charge in [0.1, 0.15) is 13.4 Å². The molecule has 2 aromatic heterocycles. The molecular weight excluding hydrogens is 925 g/mol. The number of carbonyl (C=O) groups is 1. The van der Waals surface area contributed by atoms with E-state index < -0.39 is 8.07 Å². The summed E-state index contributed by atoms with van der Waals surface area (Å²) in [4.78, 5) is 21.6. The molecule has 0 saturated heterocycles. The van der Waals surface area contributed by atoms with Crippen LogP contribution < -0.4 is 5.19 Å².